The molecular formula is C24H27N7O3S. The van der Waals surface area contributed by atoms with Gasteiger partial charge in [0.25, 0.3) is 0 Å². The van der Waals surface area contributed by atoms with Gasteiger partial charge in [0.05, 0.1) is 27.4 Å². The summed E-state index contributed by atoms with van der Waals surface area (Å²) in [5.41, 5.74) is 8.53. The smallest absolute Gasteiger partial charge is 0.240 e. The van der Waals surface area contributed by atoms with Crippen molar-refractivity contribution in [1.29, 1.82) is 0 Å². The summed E-state index contributed by atoms with van der Waals surface area (Å²) in [7, 11) is -3.52. The third kappa shape index (κ3) is 5.26. The fourth-order valence-electron chi connectivity index (χ4n) is 3.35. The van der Waals surface area contributed by atoms with Crippen molar-refractivity contribution in [1.82, 2.24) is 15.0 Å². The van der Waals surface area contributed by atoms with E-state index in [-0.39, 0.29) is 10.8 Å². The fourth-order valence-corrected chi connectivity index (χ4v) is 4.55. The number of anilines is 5. The largest absolute Gasteiger partial charge is 0.357 e. The highest BCUT2D eigenvalue weighted by Gasteiger charge is 2.23. The molecule has 2 aromatic heterocycles. The molecule has 1 atom stereocenters. The minimum absolute atomic E-state index is 0.195. The molecule has 0 saturated heterocycles. The highest BCUT2D eigenvalue weighted by molar-refractivity contribution is 7.92. The molecule has 0 aliphatic rings. The number of fused-ring (bicyclic) bond motifs is 1. The van der Waals surface area contributed by atoms with E-state index in [0.29, 0.717) is 39.9 Å². The molecule has 0 radical (unpaired) electrons. The molecule has 0 aliphatic carbocycles. The molecule has 6 N–H and O–H groups in total. The van der Waals surface area contributed by atoms with Crippen LogP contribution in [0, 0.1) is 0 Å². The predicted octanol–water partition coefficient (Wildman–Crippen LogP) is 3.91. The van der Waals surface area contributed by atoms with Gasteiger partial charge in [0.1, 0.15) is 5.52 Å². The number of aromatic nitrogens is 3. The van der Waals surface area contributed by atoms with Crippen molar-refractivity contribution in [2.24, 2.45) is 5.73 Å². The molecule has 35 heavy (non-hydrogen) atoms. The van der Waals surface area contributed by atoms with Crippen molar-refractivity contribution in [3.8, 4) is 0 Å². The monoisotopic (exact) mass is 493 g/mol. The molecule has 1 amide bonds. The molecule has 0 saturated carbocycles. The Balaban J connectivity index is 1.68. The standard InChI is InChI=1S/C24H27N7O3S/c1-14(2)35(33,34)20-10-5-4-9-18(20)29-22-21-19(11-12-26-21)30-24(31-22)28-17-8-6-7-16(13-17)27-23(32)15(3)25/h4-15,26H,25H2,1-3H3,(H,27,32)(H2,28,29,30,31). The Morgan fingerprint density at radius 3 is 2.46 bits per heavy atom. The van der Waals surface area contributed by atoms with Crippen molar-refractivity contribution in [3.05, 3.63) is 60.8 Å². The Labute approximate surface area is 203 Å². The molecule has 2 heterocycles. The molecule has 1 unspecified atom stereocenters. The Morgan fingerprint density at radius 2 is 1.71 bits per heavy atom. The summed E-state index contributed by atoms with van der Waals surface area (Å²) in [6.45, 7) is 4.90. The predicted molar refractivity (Wildman–Crippen MR) is 138 cm³/mol. The molecule has 10 nitrogen and oxygen atoms in total. The lowest BCUT2D eigenvalue weighted by atomic mass is 10.2. The maximum atomic E-state index is 12.9. The fraction of sp³-hybridized carbons (Fsp3) is 0.208. The summed E-state index contributed by atoms with van der Waals surface area (Å²) in [5.74, 6) is 0.406. The van der Waals surface area contributed by atoms with E-state index in [1.165, 1.54) is 0 Å². The number of benzene rings is 2. The first-order valence-electron chi connectivity index (χ1n) is 11.0. The lowest BCUT2D eigenvalue weighted by Gasteiger charge is -2.15. The van der Waals surface area contributed by atoms with Crippen molar-refractivity contribution >= 4 is 55.6 Å². The molecule has 4 rings (SSSR count). The number of nitrogens with zero attached hydrogens (tertiary/aromatic N) is 2. The summed E-state index contributed by atoms with van der Waals surface area (Å²) >= 11 is 0. The van der Waals surface area contributed by atoms with E-state index in [2.05, 4.69) is 30.9 Å². The Morgan fingerprint density at radius 1 is 0.971 bits per heavy atom. The highest BCUT2D eigenvalue weighted by atomic mass is 32.2. The van der Waals surface area contributed by atoms with Gasteiger partial charge in [-0.05, 0) is 57.2 Å². The van der Waals surface area contributed by atoms with Crippen LogP contribution in [0.25, 0.3) is 11.0 Å². The number of hydrogen-bond acceptors (Lipinski definition) is 8. The van der Waals surface area contributed by atoms with Gasteiger partial charge in [-0.1, -0.05) is 18.2 Å². The van der Waals surface area contributed by atoms with Crippen molar-refractivity contribution in [3.63, 3.8) is 0 Å². The van der Waals surface area contributed by atoms with Crippen LogP contribution in [0.3, 0.4) is 0 Å². The van der Waals surface area contributed by atoms with E-state index in [4.69, 9.17) is 5.73 Å². The maximum absolute atomic E-state index is 12.9. The molecule has 0 aliphatic heterocycles. The van der Waals surface area contributed by atoms with Gasteiger partial charge in [0.15, 0.2) is 15.7 Å². The van der Waals surface area contributed by atoms with Gasteiger partial charge in [-0.3, -0.25) is 4.79 Å². The van der Waals surface area contributed by atoms with Crippen molar-refractivity contribution in [2.75, 3.05) is 16.0 Å². The van der Waals surface area contributed by atoms with Crippen LogP contribution in [0.4, 0.5) is 28.8 Å². The van der Waals surface area contributed by atoms with Crippen LogP contribution in [0.1, 0.15) is 20.8 Å². The summed E-state index contributed by atoms with van der Waals surface area (Å²) < 4.78 is 25.8. The number of carbonyl (C=O) groups excluding carboxylic acids is 1. The zero-order chi connectivity index (χ0) is 25.2. The Hall–Kier alpha value is -3.96. The molecule has 182 valence electrons. The van der Waals surface area contributed by atoms with Crippen LogP contribution in [-0.4, -0.2) is 40.6 Å². The summed E-state index contributed by atoms with van der Waals surface area (Å²) in [6, 6.07) is 15.0. The first kappa shape index (κ1) is 24.2. The van der Waals surface area contributed by atoms with E-state index in [0.717, 1.165) is 0 Å². The number of sulfone groups is 1. The molecular weight excluding hydrogens is 466 g/mol. The van der Waals surface area contributed by atoms with E-state index < -0.39 is 21.1 Å². The van der Waals surface area contributed by atoms with Gasteiger partial charge in [0, 0.05) is 17.6 Å². The van der Waals surface area contributed by atoms with E-state index in [1.807, 2.05) is 6.07 Å². The average Bonchev–Trinajstić information content (AvgIpc) is 3.28. The summed E-state index contributed by atoms with van der Waals surface area (Å²) in [5, 5.41) is 8.48. The third-order valence-corrected chi connectivity index (χ3v) is 7.48. The van der Waals surface area contributed by atoms with Crippen LogP contribution >= 0.6 is 0 Å². The van der Waals surface area contributed by atoms with E-state index >= 15 is 0 Å². The zero-order valence-electron chi connectivity index (χ0n) is 19.5. The molecule has 2 aromatic carbocycles. The van der Waals surface area contributed by atoms with Crippen LogP contribution in [-0.2, 0) is 14.6 Å². The van der Waals surface area contributed by atoms with Crippen molar-refractivity contribution < 1.29 is 13.2 Å². The minimum atomic E-state index is -3.52. The number of H-pyrrole nitrogens is 1. The maximum Gasteiger partial charge on any atom is 0.240 e. The first-order chi connectivity index (χ1) is 16.6. The van der Waals surface area contributed by atoms with Crippen LogP contribution < -0.4 is 21.7 Å². The van der Waals surface area contributed by atoms with Gasteiger partial charge in [-0.2, -0.15) is 4.98 Å². The van der Waals surface area contributed by atoms with E-state index in [1.54, 1.807) is 75.5 Å². The molecule has 4 aromatic rings. The Bertz CT molecular complexity index is 1480. The second-order valence-electron chi connectivity index (χ2n) is 8.33. The number of nitrogens with two attached hydrogens (primary N) is 1. The van der Waals surface area contributed by atoms with Gasteiger partial charge in [0.2, 0.25) is 11.9 Å². The Kier molecular flexibility index (Phi) is 6.72. The number of hydrogen-bond donors (Lipinski definition) is 5. The number of carbonyl (C=O) groups is 1. The molecule has 0 bridgehead atoms. The number of aromatic amines is 1. The lowest BCUT2D eigenvalue weighted by Crippen LogP contribution is -2.32. The van der Waals surface area contributed by atoms with Crippen LogP contribution in [0.15, 0.2) is 65.7 Å². The van der Waals surface area contributed by atoms with E-state index in [9.17, 15) is 13.2 Å². The summed E-state index contributed by atoms with van der Waals surface area (Å²) in [6.07, 6.45) is 1.73. The van der Waals surface area contributed by atoms with Gasteiger partial charge < -0.3 is 26.7 Å². The lowest BCUT2D eigenvalue weighted by molar-refractivity contribution is -0.117. The van der Waals surface area contributed by atoms with Crippen LogP contribution in [0.2, 0.25) is 0 Å². The molecule has 0 fully saturated rings. The van der Waals surface area contributed by atoms with Crippen molar-refractivity contribution in [2.45, 2.75) is 37.0 Å². The van der Waals surface area contributed by atoms with Gasteiger partial charge in [-0.25, -0.2) is 13.4 Å². The third-order valence-electron chi connectivity index (χ3n) is 5.27. The second-order valence-corrected chi connectivity index (χ2v) is 10.8. The number of amides is 1. The second kappa shape index (κ2) is 9.72. The average molecular weight is 494 g/mol. The number of para-hydroxylation sites is 1. The first-order valence-corrected chi connectivity index (χ1v) is 12.6. The zero-order valence-corrected chi connectivity index (χ0v) is 20.3. The highest BCUT2D eigenvalue weighted by Crippen LogP contribution is 2.30. The summed E-state index contributed by atoms with van der Waals surface area (Å²) in [4.78, 5) is 24.3. The topological polar surface area (TPSA) is 155 Å². The minimum Gasteiger partial charge on any atom is -0.357 e. The SMILES string of the molecule is CC(N)C(=O)Nc1cccc(Nc2nc(Nc3ccccc3S(=O)(=O)C(C)C)c3[nH]ccc3n2)c1. The van der Waals surface area contributed by atoms with Crippen LogP contribution in [0.5, 0.6) is 0 Å². The van der Waals surface area contributed by atoms with Gasteiger partial charge in [-0.15, -0.1) is 0 Å². The molecule has 0 spiro atoms. The number of nitrogens with one attached hydrogen (secondary N) is 4. The normalized spacial score (nSPS) is 12.5. The quantitative estimate of drug-likeness (QED) is 0.247. The molecule has 11 heteroatoms. The van der Waals surface area contributed by atoms with Gasteiger partial charge >= 0.3 is 0 Å². The number of rotatable bonds is 8.